The molecule has 0 spiro atoms. The fourth-order valence-corrected chi connectivity index (χ4v) is 2.41. The van der Waals surface area contributed by atoms with Crippen molar-refractivity contribution in [2.75, 3.05) is 23.4 Å². The number of hydrogen-bond donors (Lipinski definition) is 2. The second-order valence-corrected chi connectivity index (χ2v) is 5.40. The highest BCUT2D eigenvalue weighted by Crippen LogP contribution is 2.23. The predicted octanol–water partition coefficient (Wildman–Crippen LogP) is 2.49. The predicted molar refractivity (Wildman–Crippen MR) is 81.8 cm³/mol. The highest BCUT2D eigenvalue weighted by Gasteiger charge is 2.07. The van der Waals surface area contributed by atoms with Crippen LogP contribution in [0, 0.1) is 0 Å². The average Bonchev–Trinajstić information content (AvgIpc) is 2.37. The van der Waals surface area contributed by atoms with Crippen molar-refractivity contribution in [3.05, 3.63) is 24.3 Å². The number of nitrogens with two attached hydrogens (primary N) is 1. The number of nitrogens with one attached hydrogen (secondary N) is 1. The number of anilines is 1. The Hall–Kier alpha value is -1.20. The standard InChI is InChI=1S/C14H22N2O2S/c1-3-18-13-7-5-4-6-12(13)16-14(17)10-19-9-8-11(2)15/h4-7,11H,3,8-10,15H2,1-2H3,(H,16,17). The van der Waals surface area contributed by atoms with E-state index in [9.17, 15) is 4.79 Å². The van der Waals surface area contributed by atoms with E-state index in [1.165, 1.54) is 0 Å². The number of carbonyl (C=O) groups is 1. The van der Waals surface area contributed by atoms with Crippen molar-refractivity contribution in [2.24, 2.45) is 5.73 Å². The number of amides is 1. The minimum Gasteiger partial charge on any atom is -0.492 e. The summed E-state index contributed by atoms with van der Waals surface area (Å²) in [5, 5.41) is 2.87. The van der Waals surface area contributed by atoms with Crippen molar-refractivity contribution in [1.82, 2.24) is 0 Å². The molecule has 106 valence electrons. The van der Waals surface area contributed by atoms with E-state index in [1.54, 1.807) is 11.8 Å². The van der Waals surface area contributed by atoms with Crippen LogP contribution in [0.5, 0.6) is 5.75 Å². The highest BCUT2D eigenvalue weighted by molar-refractivity contribution is 7.99. The van der Waals surface area contributed by atoms with Gasteiger partial charge in [-0.25, -0.2) is 0 Å². The Labute approximate surface area is 119 Å². The molecule has 19 heavy (non-hydrogen) atoms. The third-order valence-electron chi connectivity index (χ3n) is 2.41. The second kappa shape index (κ2) is 8.82. The number of rotatable bonds is 8. The van der Waals surface area contributed by atoms with Crippen molar-refractivity contribution in [3.8, 4) is 5.75 Å². The molecule has 4 nitrogen and oxygen atoms in total. The topological polar surface area (TPSA) is 64.3 Å². The summed E-state index contributed by atoms with van der Waals surface area (Å²) in [7, 11) is 0. The molecule has 1 unspecified atom stereocenters. The summed E-state index contributed by atoms with van der Waals surface area (Å²) in [6.07, 6.45) is 0.924. The van der Waals surface area contributed by atoms with E-state index in [0.29, 0.717) is 18.1 Å². The fourth-order valence-electron chi connectivity index (χ4n) is 1.47. The molecule has 0 aliphatic heterocycles. The molecular formula is C14H22N2O2S. The molecule has 5 heteroatoms. The molecule has 0 aromatic heterocycles. The first-order chi connectivity index (χ1) is 9.13. The lowest BCUT2D eigenvalue weighted by atomic mass is 10.3. The van der Waals surface area contributed by atoms with Crippen LogP contribution in [0.15, 0.2) is 24.3 Å². The number of thioether (sulfide) groups is 1. The van der Waals surface area contributed by atoms with Gasteiger partial charge >= 0.3 is 0 Å². The summed E-state index contributed by atoms with van der Waals surface area (Å²) < 4.78 is 5.46. The highest BCUT2D eigenvalue weighted by atomic mass is 32.2. The second-order valence-electron chi connectivity index (χ2n) is 4.30. The van der Waals surface area contributed by atoms with Crippen LogP contribution in [0.3, 0.4) is 0 Å². The lowest BCUT2D eigenvalue weighted by Crippen LogP contribution is -2.18. The number of hydrogen-bond acceptors (Lipinski definition) is 4. The molecule has 1 rings (SSSR count). The van der Waals surface area contributed by atoms with Gasteiger partial charge in [0.1, 0.15) is 5.75 Å². The van der Waals surface area contributed by atoms with Gasteiger partial charge in [-0.05, 0) is 38.2 Å². The van der Waals surface area contributed by atoms with Crippen molar-refractivity contribution in [2.45, 2.75) is 26.3 Å². The maximum Gasteiger partial charge on any atom is 0.234 e. The number of benzene rings is 1. The maximum absolute atomic E-state index is 11.8. The lowest BCUT2D eigenvalue weighted by Gasteiger charge is -2.11. The Kier molecular flexibility index (Phi) is 7.36. The van der Waals surface area contributed by atoms with Crippen LogP contribution >= 0.6 is 11.8 Å². The fraction of sp³-hybridized carbons (Fsp3) is 0.500. The molecule has 3 N–H and O–H groups in total. The quantitative estimate of drug-likeness (QED) is 0.719. The molecule has 1 aromatic rings. The normalized spacial score (nSPS) is 11.9. The van der Waals surface area contributed by atoms with Crippen LogP contribution in [0.4, 0.5) is 5.69 Å². The smallest absolute Gasteiger partial charge is 0.234 e. The molecule has 0 bridgehead atoms. The van der Waals surface area contributed by atoms with E-state index in [0.717, 1.165) is 17.9 Å². The zero-order chi connectivity index (χ0) is 14.1. The molecule has 1 amide bonds. The van der Waals surface area contributed by atoms with Gasteiger partial charge in [0.05, 0.1) is 18.0 Å². The first-order valence-electron chi connectivity index (χ1n) is 6.48. The number of carbonyl (C=O) groups excluding carboxylic acids is 1. The van der Waals surface area contributed by atoms with Gasteiger partial charge in [0.2, 0.25) is 5.91 Å². The van der Waals surface area contributed by atoms with E-state index in [-0.39, 0.29) is 11.9 Å². The third-order valence-corrected chi connectivity index (χ3v) is 3.40. The summed E-state index contributed by atoms with van der Waals surface area (Å²) >= 11 is 1.60. The van der Waals surface area contributed by atoms with E-state index < -0.39 is 0 Å². The molecule has 1 atom stereocenters. The molecule has 0 radical (unpaired) electrons. The van der Waals surface area contributed by atoms with Gasteiger partial charge in [0.15, 0.2) is 0 Å². The first-order valence-corrected chi connectivity index (χ1v) is 7.64. The molecule has 0 fully saturated rings. The van der Waals surface area contributed by atoms with E-state index in [2.05, 4.69) is 5.32 Å². The Morgan fingerprint density at radius 1 is 1.47 bits per heavy atom. The average molecular weight is 282 g/mol. The zero-order valence-electron chi connectivity index (χ0n) is 11.5. The van der Waals surface area contributed by atoms with Crippen molar-refractivity contribution in [1.29, 1.82) is 0 Å². The van der Waals surface area contributed by atoms with Gasteiger partial charge in [0.25, 0.3) is 0 Å². The van der Waals surface area contributed by atoms with Crippen molar-refractivity contribution < 1.29 is 9.53 Å². The van der Waals surface area contributed by atoms with Crippen LogP contribution in [-0.4, -0.2) is 30.1 Å². The van der Waals surface area contributed by atoms with Gasteiger partial charge in [-0.15, -0.1) is 0 Å². The van der Waals surface area contributed by atoms with Gasteiger partial charge in [-0.2, -0.15) is 11.8 Å². The summed E-state index contributed by atoms with van der Waals surface area (Å²) in [5.41, 5.74) is 6.38. The Morgan fingerprint density at radius 2 is 2.21 bits per heavy atom. The summed E-state index contributed by atoms with van der Waals surface area (Å²) in [5.74, 6) is 2.03. The number of ether oxygens (including phenoxy) is 1. The summed E-state index contributed by atoms with van der Waals surface area (Å²) in [6, 6.07) is 7.64. The number of para-hydroxylation sites is 2. The first kappa shape index (κ1) is 15.9. The van der Waals surface area contributed by atoms with Crippen LogP contribution in [0.1, 0.15) is 20.3 Å². The third kappa shape index (κ3) is 6.50. The molecule has 1 aromatic carbocycles. The van der Waals surface area contributed by atoms with Gasteiger partial charge in [-0.1, -0.05) is 12.1 Å². The van der Waals surface area contributed by atoms with Crippen LogP contribution in [0.25, 0.3) is 0 Å². The maximum atomic E-state index is 11.8. The molecule has 0 aliphatic rings. The van der Waals surface area contributed by atoms with E-state index in [4.69, 9.17) is 10.5 Å². The molecule has 0 saturated heterocycles. The Morgan fingerprint density at radius 3 is 2.89 bits per heavy atom. The zero-order valence-corrected chi connectivity index (χ0v) is 12.3. The monoisotopic (exact) mass is 282 g/mol. The lowest BCUT2D eigenvalue weighted by molar-refractivity contribution is -0.113. The summed E-state index contributed by atoms with van der Waals surface area (Å²) in [4.78, 5) is 11.8. The molecule has 0 aliphatic carbocycles. The van der Waals surface area contributed by atoms with Crippen molar-refractivity contribution >= 4 is 23.4 Å². The van der Waals surface area contributed by atoms with Gasteiger partial charge in [-0.3, -0.25) is 4.79 Å². The van der Waals surface area contributed by atoms with Crippen LogP contribution < -0.4 is 15.8 Å². The van der Waals surface area contributed by atoms with Crippen LogP contribution in [0.2, 0.25) is 0 Å². The Bertz CT molecular complexity index is 397. The van der Waals surface area contributed by atoms with E-state index in [1.807, 2.05) is 38.1 Å². The van der Waals surface area contributed by atoms with Gasteiger partial charge in [0, 0.05) is 6.04 Å². The van der Waals surface area contributed by atoms with Crippen LogP contribution in [-0.2, 0) is 4.79 Å². The molecule has 0 heterocycles. The summed E-state index contributed by atoms with van der Waals surface area (Å²) in [6.45, 7) is 4.47. The molecule has 0 saturated carbocycles. The van der Waals surface area contributed by atoms with E-state index >= 15 is 0 Å². The minimum atomic E-state index is -0.0122. The largest absolute Gasteiger partial charge is 0.492 e. The SMILES string of the molecule is CCOc1ccccc1NC(=O)CSCCC(C)N. The Balaban J connectivity index is 2.39. The van der Waals surface area contributed by atoms with Crippen molar-refractivity contribution in [3.63, 3.8) is 0 Å². The molecular weight excluding hydrogens is 260 g/mol. The van der Waals surface area contributed by atoms with Gasteiger partial charge < -0.3 is 15.8 Å². The minimum absolute atomic E-state index is 0.0122.